The van der Waals surface area contributed by atoms with Crippen molar-refractivity contribution in [2.24, 2.45) is 0 Å². The standard InChI is InChI=1S/C18H17N3O3/c1-10-7-8-14(23-10)16-11(2)17(21-20-16)19-18(22)15-9-12-5-3-4-6-13(12)24-15/h3-8,15H,9H2,1-2H3,(H2,19,20,21,22). The average molecular weight is 323 g/mol. The van der Waals surface area contributed by atoms with E-state index in [0.29, 0.717) is 18.0 Å². The Morgan fingerprint density at radius 3 is 2.83 bits per heavy atom. The van der Waals surface area contributed by atoms with Crippen molar-refractivity contribution in [3.05, 3.63) is 53.3 Å². The van der Waals surface area contributed by atoms with Crippen LogP contribution in [0.2, 0.25) is 0 Å². The summed E-state index contributed by atoms with van der Waals surface area (Å²) in [5.41, 5.74) is 2.63. The Labute approximate surface area is 138 Å². The van der Waals surface area contributed by atoms with Gasteiger partial charge in [0.2, 0.25) is 0 Å². The van der Waals surface area contributed by atoms with Gasteiger partial charge in [-0.15, -0.1) is 0 Å². The molecule has 1 atom stereocenters. The van der Waals surface area contributed by atoms with Crippen LogP contribution in [0.4, 0.5) is 5.82 Å². The molecule has 1 aliphatic heterocycles. The minimum absolute atomic E-state index is 0.206. The van der Waals surface area contributed by atoms with E-state index in [9.17, 15) is 4.79 Å². The summed E-state index contributed by atoms with van der Waals surface area (Å²) >= 11 is 0. The highest BCUT2D eigenvalue weighted by Crippen LogP contribution is 2.30. The monoisotopic (exact) mass is 323 g/mol. The zero-order chi connectivity index (χ0) is 16.7. The molecule has 2 N–H and O–H groups in total. The van der Waals surface area contributed by atoms with E-state index in [1.54, 1.807) is 0 Å². The summed E-state index contributed by atoms with van der Waals surface area (Å²) in [4.78, 5) is 12.5. The van der Waals surface area contributed by atoms with Crippen molar-refractivity contribution in [2.45, 2.75) is 26.4 Å². The number of aryl methyl sites for hydroxylation is 1. The number of H-pyrrole nitrogens is 1. The number of carbonyl (C=O) groups excluding carboxylic acids is 1. The van der Waals surface area contributed by atoms with Crippen molar-refractivity contribution in [3.8, 4) is 17.2 Å². The number of nitrogens with zero attached hydrogens (tertiary/aromatic N) is 1. The molecule has 1 unspecified atom stereocenters. The molecule has 1 aromatic carbocycles. The van der Waals surface area contributed by atoms with Crippen LogP contribution in [0.25, 0.3) is 11.5 Å². The van der Waals surface area contributed by atoms with Crippen LogP contribution in [0.15, 0.2) is 40.8 Å². The van der Waals surface area contributed by atoms with Gasteiger partial charge < -0.3 is 14.5 Å². The lowest BCUT2D eigenvalue weighted by Gasteiger charge is -2.10. The van der Waals surface area contributed by atoms with Crippen molar-refractivity contribution in [1.82, 2.24) is 10.2 Å². The second kappa shape index (κ2) is 5.56. The molecule has 0 aliphatic carbocycles. The van der Waals surface area contributed by atoms with Crippen molar-refractivity contribution >= 4 is 11.7 Å². The summed E-state index contributed by atoms with van der Waals surface area (Å²) < 4.78 is 11.3. The number of hydrogen-bond donors (Lipinski definition) is 2. The van der Waals surface area contributed by atoms with E-state index in [-0.39, 0.29) is 5.91 Å². The van der Waals surface area contributed by atoms with Gasteiger partial charge >= 0.3 is 0 Å². The molecule has 6 heteroatoms. The van der Waals surface area contributed by atoms with E-state index in [1.165, 1.54) is 0 Å². The molecule has 0 saturated heterocycles. The van der Waals surface area contributed by atoms with Gasteiger partial charge in [0.05, 0.1) is 0 Å². The minimum atomic E-state index is -0.534. The number of fused-ring (bicyclic) bond motifs is 1. The number of furan rings is 1. The second-order valence-electron chi connectivity index (χ2n) is 5.89. The number of para-hydroxylation sites is 1. The molecule has 1 aliphatic rings. The number of aromatic amines is 1. The van der Waals surface area contributed by atoms with Crippen LogP contribution in [0.5, 0.6) is 5.75 Å². The van der Waals surface area contributed by atoms with Crippen molar-refractivity contribution in [2.75, 3.05) is 5.32 Å². The summed E-state index contributed by atoms with van der Waals surface area (Å²) in [6.45, 7) is 3.77. The minimum Gasteiger partial charge on any atom is -0.480 e. The molecule has 122 valence electrons. The van der Waals surface area contributed by atoms with Crippen LogP contribution in [-0.2, 0) is 11.2 Å². The smallest absolute Gasteiger partial charge is 0.267 e. The fraction of sp³-hybridized carbons (Fsp3) is 0.222. The first-order chi connectivity index (χ1) is 11.6. The van der Waals surface area contributed by atoms with Gasteiger partial charge in [0.1, 0.15) is 17.2 Å². The third kappa shape index (κ3) is 2.46. The van der Waals surface area contributed by atoms with E-state index >= 15 is 0 Å². The summed E-state index contributed by atoms with van der Waals surface area (Å²) in [6.07, 6.45) is 0.0308. The number of nitrogens with one attached hydrogen (secondary N) is 2. The molecule has 3 heterocycles. The predicted molar refractivity (Wildman–Crippen MR) is 89.0 cm³/mol. The predicted octanol–water partition coefficient (Wildman–Crippen LogP) is 3.23. The maximum atomic E-state index is 12.5. The van der Waals surface area contributed by atoms with Crippen molar-refractivity contribution < 1.29 is 13.9 Å². The van der Waals surface area contributed by atoms with Crippen molar-refractivity contribution in [1.29, 1.82) is 0 Å². The Hall–Kier alpha value is -3.02. The quantitative estimate of drug-likeness (QED) is 0.775. The highest BCUT2D eigenvalue weighted by Gasteiger charge is 2.29. The van der Waals surface area contributed by atoms with E-state index in [4.69, 9.17) is 9.15 Å². The number of benzene rings is 1. The lowest BCUT2D eigenvalue weighted by atomic mass is 10.1. The number of ether oxygens (including phenoxy) is 1. The molecule has 24 heavy (non-hydrogen) atoms. The largest absolute Gasteiger partial charge is 0.480 e. The molecule has 6 nitrogen and oxygen atoms in total. The summed E-state index contributed by atoms with van der Waals surface area (Å²) in [5.74, 6) is 2.57. The number of hydrogen-bond acceptors (Lipinski definition) is 4. The Balaban J connectivity index is 1.50. The van der Waals surface area contributed by atoms with E-state index in [2.05, 4.69) is 15.5 Å². The molecule has 0 fully saturated rings. The molecule has 1 amide bonds. The Kier molecular flexibility index (Phi) is 3.37. The summed E-state index contributed by atoms with van der Waals surface area (Å²) in [5, 5.41) is 9.94. The number of aromatic nitrogens is 2. The molecule has 4 rings (SSSR count). The molecule has 0 spiro atoms. The number of amides is 1. The van der Waals surface area contributed by atoms with Gasteiger partial charge in [0.15, 0.2) is 17.7 Å². The number of carbonyl (C=O) groups is 1. The second-order valence-corrected chi connectivity index (χ2v) is 5.89. The van der Waals surface area contributed by atoms with Gasteiger partial charge in [-0.2, -0.15) is 5.10 Å². The van der Waals surface area contributed by atoms with Gasteiger partial charge in [-0.25, -0.2) is 0 Å². The Morgan fingerprint density at radius 1 is 1.25 bits per heavy atom. The highest BCUT2D eigenvalue weighted by molar-refractivity contribution is 5.95. The van der Waals surface area contributed by atoms with Crippen molar-refractivity contribution in [3.63, 3.8) is 0 Å². The number of anilines is 1. The highest BCUT2D eigenvalue weighted by atomic mass is 16.5. The SMILES string of the molecule is Cc1ccc(-c2[nH]nc(NC(=O)C3Cc4ccccc4O3)c2C)o1. The first-order valence-corrected chi connectivity index (χ1v) is 7.79. The fourth-order valence-corrected chi connectivity index (χ4v) is 2.85. The maximum absolute atomic E-state index is 12.5. The topological polar surface area (TPSA) is 80.2 Å². The zero-order valence-corrected chi connectivity index (χ0v) is 13.4. The molecule has 0 saturated carbocycles. The lowest BCUT2D eigenvalue weighted by molar-refractivity contribution is -0.122. The summed E-state index contributed by atoms with van der Waals surface area (Å²) in [6, 6.07) is 11.4. The molecule has 2 aromatic heterocycles. The normalized spacial score (nSPS) is 15.8. The summed E-state index contributed by atoms with van der Waals surface area (Å²) in [7, 11) is 0. The van der Waals surface area contributed by atoms with Crippen LogP contribution >= 0.6 is 0 Å². The molecule has 0 radical (unpaired) electrons. The number of rotatable bonds is 3. The molecular formula is C18H17N3O3. The van der Waals surface area contributed by atoms with Gasteiger partial charge in [-0.05, 0) is 37.6 Å². The van der Waals surface area contributed by atoms with Crippen LogP contribution in [0.1, 0.15) is 16.9 Å². The van der Waals surface area contributed by atoms with Gasteiger partial charge in [-0.1, -0.05) is 18.2 Å². The first kappa shape index (κ1) is 14.6. The van der Waals surface area contributed by atoms with Crippen LogP contribution < -0.4 is 10.1 Å². The molecule has 3 aromatic rings. The fourth-order valence-electron chi connectivity index (χ4n) is 2.85. The van der Waals surface area contributed by atoms with Gasteiger partial charge in [0.25, 0.3) is 5.91 Å². The van der Waals surface area contributed by atoms with Gasteiger partial charge in [0, 0.05) is 12.0 Å². The lowest BCUT2D eigenvalue weighted by Crippen LogP contribution is -2.31. The molecular weight excluding hydrogens is 306 g/mol. The Bertz CT molecular complexity index is 885. The first-order valence-electron chi connectivity index (χ1n) is 7.79. The van der Waals surface area contributed by atoms with Crippen LogP contribution in [0.3, 0.4) is 0 Å². The van der Waals surface area contributed by atoms with E-state index < -0.39 is 6.10 Å². The van der Waals surface area contributed by atoms with E-state index in [0.717, 1.165) is 28.3 Å². The third-order valence-corrected chi connectivity index (χ3v) is 4.18. The Morgan fingerprint density at radius 2 is 2.08 bits per heavy atom. The molecule has 0 bridgehead atoms. The van der Waals surface area contributed by atoms with Crippen LogP contribution in [-0.4, -0.2) is 22.2 Å². The average Bonchev–Trinajstić information content (AvgIpc) is 3.27. The van der Waals surface area contributed by atoms with Crippen LogP contribution in [0, 0.1) is 13.8 Å². The third-order valence-electron chi connectivity index (χ3n) is 4.18. The zero-order valence-electron chi connectivity index (χ0n) is 13.4. The maximum Gasteiger partial charge on any atom is 0.267 e. The van der Waals surface area contributed by atoms with Gasteiger partial charge in [-0.3, -0.25) is 9.89 Å². The van der Waals surface area contributed by atoms with E-state index in [1.807, 2.05) is 50.2 Å².